The van der Waals surface area contributed by atoms with Crippen LogP contribution in [0.2, 0.25) is 0 Å². The minimum absolute atomic E-state index is 0.136. The van der Waals surface area contributed by atoms with Gasteiger partial charge in [0.1, 0.15) is 5.60 Å². The fraction of sp³-hybridized carbons (Fsp3) is 0.857. The van der Waals surface area contributed by atoms with E-state index in [0.717, 1.165) is 12.8 Å². The summed E-state index contributed by atoms with van der Waals surface area (Å²) in [7, 11) is 0. The van der Waals surface area contributed by atoms with E-state index in [0.29, 0.717) is 13.1 Å². The first-order valence-corrected chi connectivity index (χ1v) is 6.84. The lowest BCUT2D eigenvalue weighted by Crippen LogP contribution is -2.36. The summed E-state index contributed by atoms with van der Waals surface area (Å²) in [5.74, 6) is -0.671. The summed E-state index contributed by atoms with van der Waals surface area (Å²) < 4.78 is 5.35. The lowest BCUT2D eigenvalue weighted by molar-refractivity contribution is -0.139. The first-order chi connectivity index (χ1) is 8.63. The number of carboxylic acids is 1. The van der Waals surface area contributed by atoms with Gasteiger partial charge in [-0.25, -0.2) is 4.79 Å². The van der Waals surface area contributed by atoms with Crippen LogP contribution in [0.5, 0.6) is 0 Å². The molecule has 108 valence electrons. The largest absolute Gasteiger partial charge is 0.481 e. The molecule has 1 aliphatic heterocycles. The zero-order valence-corrected chi connectivity index (χ0v) is 12.1. The molecule has 2 aliphatic rings. The lowest BCUT2D eigenvalue weighted by Gasteiger charge is -2.25. The van der Waals surface area contributed by atoms with Crippen LogP contribution >= 0.6 is 0 Å². The van der Waals surface area contributed by atoms with Crippen LogP contribution in [-0.2, 0) is 9.53 Å². The highest BCUT2D eigenvalue weighted by molar-refractivity contribution is 5.75. The molecule has 2 rings (SSSR count). The van der Waals surface area contributed by atoms with E-state index in [2.05, 4.69) is 0 Å². The van der Waals surface area contributed by atoms with Crippen molar-refractivity contribution in [3.05, 3.63) is 0 Å². The van der Waals surface area contributed by atoms with Gasteiger partial charge in [-0.15, -0.1) is 0 Å². The van der Waals surface area contributed by atoms with Gasteiger partial charge >= 0.3 is 12.1 Å². The van der Waals surface area contributed by atoms with Crippen LogP contribution in [0.3, 0.4) is 0 Å². The van der Waals surface area contributed by atoms with Crippen LogP contribution in [0.1, 0.15) is 40.5 Å². The minimum atomic E-state index is -0.710. The van der Waals surface area contributed by atoms with Gasteiger partial charge in [-0.05, 0) is 44.9 Å². The molecule has 0 aromatic heterocycles. The molecule has 2 fully saturated rings. The Hall–Kier alpha value is -1.26. The molecule has 0 aromatic carbocycles. The average Bonchev–Trinajstić information content (AvgIpc) is 2.75. The summed E-state index contributed by atoms with van der Waals surface area (Å²) in [5, 5.41) is 9.07. The minimum Gasteiger partial charge on any atom is -0.481 e. The van der Waals surface area contributed by atoms with Gasteiger partial charge in [0.25, 0.3) is 0 Å². The van der Waals surface area contributed by atoms with E-state index in [1.54, 1.807) is 4.90 Å². The van der Waals surface area contributed by atoms with Crippen molar-refractivity contribution in [3.63, 3.8) is 0 Å². The SMILES string of the molecule is CC(C)(C)OC(=O)N1CCC([C@@]2(C)C[C@@H]2C(=O)O)C1. The van der Waals surface area contributed by atoms with Crippen molar-refractivity contribution < 1.29 is 19.4 Å². The van der Waals surface area contributed by atoms with Gasteiger partial charge in [0, 0.05) is 13.1 Å². The van der Waals surface area contributed by atoms with Crippen LogP contribution in [0.25, 0.3) is 0 Å². The Bertz CT molecular complexity index is 401. The molecule has 1 aliphatic carbocycles. The molecule has 1 heterocycles. The molecule has 3 atom stereocenters. The fourth-order valence-electron chi connectivity index (χ4n) is 2.99. The number of hydrogen-bond acceptors (Lipinski definition) is 3. The van der Waals surface area contributed by atoms with Crippen molar-refractivity contribution in [2.75, 3.05) is 13.1 Å². The van der Waals surface area contributed by atoms with Crippen molar-refractivity contribution in [2.24, 2.45) is 17.3 Å². The molecule has 5 nitrogen and oxygen atoms in total. The molecule has 1 saturated carbocycles. The van der Waals surface area contributed by atoms with Crippen LogP contribution in [0.15, 0.2) is 0 Å². The van der Waals surface area contributed by atoms with Gasteiger partial charge in [-0.3, -0.25) is 4.79 Å². The second kappa shape index (κ2) is 4.39. The topological polar surface area (TPSA) is 66.8 Å². The number of carboxylic acid groups (broad SMARTS) is 1. The van der Waals surface area contributed by atoms with Crippen molar-refractivity contribution in [2.45, 2.75) is 46.1 Å². The second-order valence-electron chi connectivity index (χ2n) is 7.01. The molecular weight excluding hydrogens is 246 g/mol. The number of aliphatic carboxylic acids is 1. The normalized spacial score (nSPS) is 34.2. The Morgan fingerprint density at radius 2 is 2.00 bits per heavy atom. The first kappa shape index (κ1) is 14.2. The Morgan fingerprint density at radius 1 is 1.37 bits per heavy atom. The molecule has 19 heavy (non-hydrogen) atoms. The third-order valence-electron chi connectivity index (χ3n) is 4.35. The molecule has 1 saturated heterocycles. The van der Waals surface area contributed by atoms with E-state index in [-0.39, 0.29) is 23.3 Å². The highest BCUT2D eigenvalue weighted by atomic mass is 16.6. The summed E-state index contributed by atoms with van der Waals surface area (Å²) in [6.07, 6.45) is 1.32. The van der Waals surface area contributed by atoms with E-state index >= 15 is 0 Å². The maximum Gasteiger partial charge on any atom is 0.410 e. The van der Waals surface area contributed by atoms with Gasteiger partial charge in [0.05, 0.1) is 5.92 Å². The third kappa shape index (κ3) is 2.85. The average molecular weight is 269 g/mol. The number of carbonyl (C=O) groups excluding carboxylic acids is 1. The van der Waals surface area contributed by atoms with Crippen LogP contribution in [0.4, 0.5) is 4.79 Å². The number of ether oxygens (including phenoxy) is 1. The van der Waals surface area contributed by atoms with Crippen molar-refractivity contribution >= 4 is 12.1 Å². The van der Waals surface area contributed by atoms with E-state index in [9.17, 15) is 9.59 Å². The Morgan fingerprint density at radius 3 is 2.47 bits per heavy atom. The van der Waals surface area contributed by atoms with E-state index < -0.39 is 11.6 Å². The lowest BCUT2D eigenvalue weighted by atomic mass is 9.88. The van der Waals surface area contributed by atoms with Gasteiger partial charge in [-0.1, -0.05) is 6.92 Å². The highest BCUT2D eigenvalue weighted by Gasteiger charge is 2.60. The van der Waals surface area contributed by atoms with Gasteiger partial charge < -0.3 is 14.7 Å². The fourth-order valence-corrected chi connectivity index (χ4v) is 2.99. The quantitative estimate of drug-likeness (QED) is 0.835. The molecule has 1 N–H and O–H groups in total. The van der Waals surface area contributed by atoms with E-state index in [1.165, 1.54) is 0 Å². The van der Waals surface area contributed by atoms with Crippen LogP contribution in [0, 0.1) is 17.3 Å². The first-order valence-electron chi connectivity index (χ1n) is 6.84. The highest BCUT2D eigenvalue weighted by Crippen LogP contribution is 2.59. The molecule has 0 aromatic rings. The molecular formula is C14H23NO4. The number of carbonyl (C=O) groups is 2. The third-order valence-corrected chi connectivity index (χ3v) is 4.35. The smallest absolute Gasteiger partial charge is 0.410 e. The number of amides is 1. The summed E-state index contributed by atoms with van der Waals surface area (Å²) in [4.78, 5) is 24.7. The number of likely N-dealkylation sites (tertiary alicyclic amines) is 1. The predicted molar refractivity (Wildman–Crippen MR) is 69.8 cm³/mol. The van der Waals surface area contributed by atoms with Crippen molar-refractivity contribution in [1.82, 2.24) is 4.90 Å². The summed E-state index contributed by atoms with van der Waals surface area (Å²) >= 11 is 0. The van der Waals surface area contributed by atoms with Gasteiger partial charge in [-0.2, -0.15) is 0 Å². The Kier molecular flexibility index (Phi) is 3.27. The Labute approximate surface area is 113 Å². The maximum atomic E-state index is 12.0. The monoisotopic (exact) mass is 269 g/mol. The van der Waals surface area contributed by atoms with Crippen molar-refractivity contribution in [3.8, 4) is 0 Å². The van der Waals surface area contributed by atoms with E-state index in [4.69, 9.17) is 9.84 Å². The Balaban J connectivity index is 1.91. The van der Waals surface area contributed by atoms with Crippen molar-refractivity contribution in [1.29, 1.82) is 0 Å². The number of hydrogen-bond donors (Lipinski definition) is 1. The summed E-state index contributed by atoms with van der Waals surface area (Å²) in [6.45, 7) is 8.86. The number of rotatable bonds is 2. The summed E-state index contributed by atoms with van der Waals surface area (Å²) in [5.41, 5.74) is -0.620. The summed E-state index contributed by atoms with van der Waals surface area (Å²) in [6, 6.07) is 0. The van der Waals surface area contributed by atoms with Gasteiger partial charge in [0.2, 0.25) is 0 Å². The molecule has 0 spiro atoms. The van der Waals surface area contributed by atoms with Crippen LogP contribution < -0.4 is 0 Å². The second-order valence-corrected chi connectivity index (χ2v) is 7.01. The zero-order chi connectivity index (χ0) is 14.4. The van der Waals surface area contributed by atoms with E-state index in [1.807, 2.05) is 27.7 Å². The van der Waals surface area contributed by atoms with Gasteiger partial charge in [0.15, 0.2) is 0 Å². The predicted octanol–water partition coefficient (Wildman–Crippen LogP) is 2.35. The zero-order valence-electron chi connectivity index (χ0n) is 12.1. The standard InChI is InChI=1S/C14H23NO4/c1-13(2,3)19-12(18)15-6-5-9(8-15)14(4)7-10(14)11(16)17/h9-10H,5-8H2,1-4H3,(H,16,17)/t9?,10-,14-/m1/s1. The molecule has 1 unspecified atom stereocenters. The number of nitrogens with zero attached hydrogens (tertiary/aromatic N) is 1. The molecule has 0 radical (unpaired) electrons. The molecule has 5 heteroatoms. The molecule has 1 amide bonds. The maximum absolute atomic E-state index is 12.0. The molecule has 0 bridgehead atoms. The van der Waals surface area contributed by atoms with Crippen LogP contribution in [-0.4, -0.2) is 40.8 Å².